The summed E-state index contributed by atoms with van der Waals surface area (Å²) in [7, 11) is 3.30. The van der Waals surface area contributed by atoms with Gasteiger partial charge in [-0.2, -0.15) is 0 Å². The van der Waals surface area contributed by atoms with Gasteiger partial charge in [0, 0.05) is 75.4 Å². The van der Waals surface area contributed by atoms with Crippen molar-refractivity contribution in [3.05, 3.63) is 119 Å². The summed E-state index contributed by atoms with van der Waals surface area (Å²) in [5.74, 6) is 1.53. The van der Waals surface area contributed by atoms with Gasteiger partial charge in [-0.05, 0) is 177 Å². The minimum atomic E-state index is -0.577. The maximum atomic E-state index is 13.2. The number of ether oxygens (including phenoxy) is 4. The second kappa shape index (κ2) is 28.4. The number of aromatic nitrogens is 1. The first kappa shape index (κ1) is 62.0. The van der Waals surface area contributed by atoms with E-state index in [1.807, 2.05) is 102 Å². The molecule has 0 fully saturated rings. The van der Waals surface area contributed by atoms with E-state index in [-0.39, 0.29) is 17.6 Å². The molecule has 0 saturated heterocycles. The van der Waals surface area contributed by atoms with Crippen LogP contribution in [0.25, 0.3) is 20.8 Å². The maximum Gasteiger partial charge on any atom is 0.419 e. The van der Waals surface area contributed by atoms with Crippen LogP contribution < -0.4 is 39.8 Å². The van der Waals surface area contributed by atoms with Gasteiger partial charge in [0.25, 0.3) is 0 Å². The van der Waals surface area contributed by atoms with E-state index in [4.69, 9.17) is 18.9 Å². The predicted octanol–water partition coefficient (Wildman–Crippen LogP) is 18.1. The number of carbonyl (C=O) groups is 2. The van der Waals surface area contributed by atoms with Gasteiger partial charge in [0.15, 0.2) is 5.43 Å². The number of fused-ring (bicyclic) bond motifs is 6. The Morgan fingerprint density at radius 1 is 0.543 bits per heavy atom. The SMILES string of the molecule is CCCCN(CCC)c1ccc2c(c1)Sc1cc(OC)ccc1N2C(=O)OC(C)(C)C.CCCCN(CCC)c1ccc2nc3ccc(=O)cc-3sc2c1.CCCNc1ccc2c(c1)Sc1cc(OC)ccc1N2C(=O)OC(C)(C)C. The van der Waals surface area contributed by atoms with Crippen molar-refractivity contribution in [1.82, 2.24) is 4.98 Å². The molecule has 0 aromatic heterocycles. The minimum Gasteiger partial charge on any atom is -0.497 e. The van der Waals surface area contributed by atoms with Gasteiger partial charge < -0.3 is 34.1 Å². The molecule has 432 valence electrons. The third kappa shape index (κ3) is 16.3. The molecule has 1 aliphatic carbocycles. The van der Waals surface area contributed by atoms with Crippen molar-refractivity contribution < 1.29 is 28.5 Å². The number of unbranched alkanes of at least 4 members (excludes halogenated alkanes) is 2. The number of benzene rings is 6. The van der Waals surface area contributed by atoms with Crippen molar-refractivity contribution >= 4 is 97.1 Å². The fraction of sp³-hybridized carbons (Fsp3) is 0.415. The summed E-state index contributed by atoms with van der Waals surface area (Å²) in [6.07, 6.45) is 7.27. The van der Waals surface area contributed by atoms with Gasteiger partial charge in [-0.3, -0.25) is 4.79 Å². The highest BCUT2D eigenvalue weighted by Crippen LogP contribution is 2.52. The van der Waals surface area contributed by atoms with Crippen molar-refractivity contribution in [3.8, 4) is 22.1 Å². The lowest BCUT2D eigenvalue weighted by atomic mass is 10.2. The smallest absolute Gasteiger partial charge is 0.419 e. The van der Waals surface area contributed by atoms with Gasteiger partial charge in [0.2, 0.25) is 0 Å². The average molecular weight is 1160 g/mol. The Morgan fingerprint density at radius 3 is 1.52 bits per heavy atom. The molecule has 16 heteroatoms. The molecule has 0 bridgehead atoms. The van der Waals surface area contributed by atoms with Crippen molar-refractivity contribution in [2.75, 3.05) is 71.9 Å². The molecule has 0 unspecified atom stereocenters. The van der Waals surface area contributed by atoms with Gasteiger partial charge >= 0.3 is 12.2 Å². The van der Waals surface area contributed by atoms with E-state index in [2.05, 4.69) is 91.1 Å². The Morgan fingerprint density at radius 2 is 1.02 bits per heavy atom. The number of rotatable bonds is 17. The fourth-order valence-electron chi connectivity index (χ4n) is 9.17. The highest BCUT2D eigenvalue weighted by molar-refractivity contribution is 8.00. The molecule has 3 aliphatic heterocycles. The van der Waals surface area contributed by atoms with E-state index in [1.54, 1.807) is 71.0 Å². The van der Waals surface area contributed by atoms with Crippen molar-refractivity contribution in [3.63, 3.8) is 0 Å². The van der Waals surface area contributed by atoms with Crippen LogP contribution in [0.2, 0.25) is 0 Å². The van der Waals surface area contributed by atoms with E-state index in [1.165, 1.54) is 30.6 Å². The summed E-state index contributed by atoms with van der Waals surface area (Å²) < 4.78 is 23.4. The molecule has 81 heavy (non-hydrogen) atoms. The summed E-state index contributed by atoms with van der Waals surface area (Å²) in [5, 5.41) is 3.40. The van der Waals surface area contributed by atoms with E-state index in [0.717, 1.165) is 139 Å². The van der Waals surface area contributed by atoms with Crippen LogP contribution in [-0.2, 0) is 9.47 Å². The van der Waals surface area contributed by atoms with E-state index in [9.17, 15) is 14.4 Å². The quantitative estimate of drug-likeness (QED) is 0.0871. The molecule has 4 aliphatic rings. The van der Waals surface area contributed by atoms with Crippen LogP contribution in [0, 0.1) is 0 Å². The molecule has 2 amide bonds. The Bertz CT molecular complexity index is 3280. The zero-order valence-electron chi connectivity index (χ0n) is 49.7. The van der Waals surface area contributed by atoms with Crippen molar-refractivity contribution in [2.45, 2.75) is 152 Å². The number of nitrogens with one attached hydrogen (secondary N) is 1. The van der Waals surface area contributed by atoms with Crippen LogP contribution in [0.5, 0.6) is 11.5 Å². The van der Waals surface area contributed by atoms with Gasteiger partial charge in [-0.1, -0.05) is 71.0 Å². The lowest BCUT2D eigenvalue weighted by molar-refractivity contribution is 0.0586. The molecular weight excluding hydrogens is 1070 g/mol. The predicted molar refractivity (Wildman–Crippen MR) is 340 cm³/mol. The molecule has 0 spiro atoms. The van der Waals surface area contributed by atoms with E-state index >= 15 is 0 Å². The molecule has 3 heterocycles. The zero-order chi connectivity index (χ0) is 58.4. The largest absolute Gasteiger partial charge is 0.497 e. The summed E-state index contributed by atoms with van der Waals surface area (Å²) in [5.41, 5.74) is 7.57. The fourth-order valence-corrected chi connectivity index (χ4v) is 12.4. The highest BCUT2D eigenvalue weighted by Gasteiger charge is 2.34. The maximum absolute atomic E-state index is 13.2. The lowest BCUT2D eigenvalue weighted by Crippen LogP contribution is -2.35. The number of hydrogen-bond donors (Lipinski definition) is 1. The van der Waals surface area contributed by atoms with Crippen molar-refractivity contribution in [1.29, 1.82) is 0 Å². The molecule has 5 aromatic carbocycles. The third-order valence-corrected chi connectivity index (χ3v) is 16.3. The van der Waals surface area contributed by atoms with Crippen LogP contribution >= 0.6 is 34.9 Å². The van der Waals surface area contributed by atoms with Crippen LogP contribution in [-0.4, -0.2) is 75.3 Å². The third-order valence-electron chi connectivity index (χ3n) is 13.0. The number of amides is 2. The molecule has 9 rings (SSSR count). The van der Waals surface area contributed by atoms with Crippen LogP contribution in [0.3, 0.4) is 0 Å². The van der Waals surface area contributed by atoms with E-state index in [0.29, 0.717) is 0 Å². The van der Waals surface area contributed by atoms with E-state index < -0.39 is 11.2 Å². The van der Waals surface area contributed by atoms with Gasteiger partial charge in [-0.25, -0.2) is 24.4 Å². The number of methoxy groups -OCH3 is 2. The summed E-state index contributed by atoms with van der Waals surface area (Å²) in [6, 6.07) is 35.5. The topological polar surface area (TPSA) is 126 Å². The average Bonchev–Trinajstić information content (AvgIpc) is 3.58. The van der Waals surface area contributed by atoms with Gasteiger partial charge in [-0.15, -0.1) is 11.3 Å². The first-order valence-corrected chi connectivity index (χ1v) is 30.9. The van der Waals surface area contributed by atoms with Gasteiger partial charge in [0.1, 0.15) is 22.7 Å². The molecule has 1 N–H and O–H groups in total. The molecule has 13 nitrogen and oxygen atoms in total. The molecular formula is C65H82N6O7S3. The van der Waals surface area contributed by atoms with Crippen LogP contribution in [0.4, 0.5) is 49.4 Å². The summed E-state index contributed by atoms with van der Waals surface area (Å²) in [6.45, 7) is 27.4. The van der Waals surface area contributed by atoms with Gasteiger partial charge in [0.05, 0.1) is 57.8 Å². The standard InChI is InChI=1S/C25H34N2O3S.C21H26N2O3S.C19H22N2OS/c1-7-9-15-26(14-8-2)18-10-12-20-22(16-18)31-23-17-19(29-6)11-13-21(23)27(20)24(28)30-25(3,4)5;1-6-11-22-14-7-9-16-18(12-14)27-19-13-15(25-5)8-10-17(19)23(16)20(24)26-21(2,3)4;1-3-5-11-21(10-4-2)14-6-8-16-18(12-14)23-19-13-15(22)7-9-17(19)20-16/h10-13,16-17H,7-9,14-15H2,1-6H3;7-10,12-13,22H,6,11H2,1-5H3;6-9,12-13H,3-5,10-11H2,1-2H3. The minimum absolute atomic E-state index is 0.0432. The monoisotopic (exact) mass is 1150 g/mol. The Labute approximate surface area is 493 Å². The second-order valence-electron chi connectivity index (χ2n) is 21.9. The van der Waals surface area contributed by atoms with Crippen molar-refractivity contribution in [2.24, 2.45) is 0 Å². The number of nitrogens with zero attached hydrogens (tertiary/aromatic N) is 5. The Hall–Kier alpha value is -6.62. The Kier molecular flexibility index (Phi) is 21.7. The summed E-state index contributed by atoms with van der Waals surface area (Å²) >= 11 is 4.95. The number of carbonyl (C=O) groups excluding carboxylic acids is 2. The highest BCUT2D eigenvalue weighted by atomic mass is 32.2. The zero-order valence-corrected chi connectivity index (χ0v) is 52.1. The lowest BCUT2D eigenvalue weighted by Gasteiger charge is -2.34. The van der Waals surface area contributed by atoms with Crippen LogP contribution in [0.15, 0.2) is 134 Å². The normalized spacial score (nSPS) is 12.4. The molecule has 0 saturated carbocycles. The Balaban J connectivity index is 0.000000177. The number of anilines is 7. The molecule has 0 atom stereocenters. The second-order valence-corrected chi connectivity index (χ2v) is 25.2. The molecule has 0 radical (unpaired) electrons. The molecule has 5 aromatic rings. The number of hydrogen-bond acceptors (Lipinski definition) is 14. The summed E-state index contributed by atoms with van der Waals surface area (Å²) in [4.78, 5) is 55.6. The first-order valence-electron chi connectivity index (χ1n) is 28.4. The van der Waals surface area contributed by atoms with Crippen LogP contribution in [0.1, 0.15) is 121 Å². The first-order chi connectivity index (χ1) is 38.8.